The van der Waals surface area contributed by atoms with Crippen LogP contribution in [0, 0.1) is 0 Å². The highest BCUT2D eigenvalue weighted by atomic mass is 16.5. The van der Waals surface area contributed by atoms with E-state index in [1.807, 2.05) is 48.8 Å². The first-order valence-corrected chi connectivity index (χ1v) is 6.81. The van der Waals surface area contributed by atoms with Crippen molar-refractivity contribution in [2.75, 3.05) is 7.11 Å². The van der Waals surface area contributed by atoms with Gasteiger partial charge in [0.25, 0.3) is 0 Å². The van der Waals surface area contributed by atoms with Crippen LogP contribution in [-0.2, 0) is 5.60 Å². The second-order valence-electron chi connectivity index (χ2n) is 5.60. The third-order valence-corrected chi connectivity index (χ3v) is 3.87. The number of ether oxygens (including phenoxy) is 2. The minimum atomic E-state index is -0.470. The fourth-order valence-corrected chi connectivity index (χ4v) is 2.81. The van der Waals surface area contributed by atoms with Gasteiger partial charge in [-0.25, -0.2) is 9.50 Å². The highest BCUT2D eigenvalue weighted by molar-refractivity contribution is 5.75. The summed E-state index contributed by atoms with van der Waals surface area (Å²) in [5.41, 5.74) is 3.41. The molecular weight excluding hydrogens is 266 g/mol. The lowest BCUT2D eigenvalue weighted by Crippen LogP contribution is -2.30. The number of fused-ring (bicyclic) bond motifs is 5. The Morgan fingerprint density at radius 2 is 2.10 bits per heavy atom. The van der Waals surface area contributed by atoms with Crippen molar-refractivity contribution in [2.24, 2.45) is 0 Å². The van der Waals surface area contributed by atoms with Crippen LogP contribution in [0.5, 0.6) is 11.5 Å². The van der Waals surface area contributed by atoms with Crippen molar-refractivity contribution >= 4 is 5.65 Å². The summed E-state index contributed by atoms with van der Waals surface area (Å²) >= 11 is 0. The molecule has 0 fully saturated rings. The Bertz CT molecular complexity index is 852. The van der Waals surface area contributed by atoms with Gasteiger partial charge < -0.3 is 9.47 Å². The van der Waals surface area contributed by atoms with E-state index in [0.29, 0.717) is 0 Å². The van der Waals surface area contributed by atoms with E-state index in [-0.39, 0.29) is 0 Å². The molecule has 0 aliphatic carbocycles. The quantitative estimate of drug-likeness (QED) is 0.688. The smallest absolute Gasteiger partial charge is 0.155 e. The minimum Gasteiger partial charge on any atom is -0.497 e. The highest BCUT2D eigenvalue weighted by Crippen LogP contribution is 2.45. The van der Waals surface area contributed by atoms with Crippen molar-refractivity contribution in [1.82, 2.24) is 14.6 Å². The predicted molar refractivity (Wildman–Crippen MR) is 78.6 cm³/mol. The average molecular weight is 281 g/mol. The van der Waals surface area contributed by atoms with Gasteiger partial charge >= 0.3 is 0 Å². The lowest BCUT2D eigenvalue weighted by molar-refractivity contribution is 0.104. The molecule has 0 saturated carbocycles. The van der Waals surface area contributed by atoms with Gasteiger partial charge in [0.2, 0.25) is 0 Å². The van der Waals surface area contributed by atoms with Crippen LogP contribution in [-0.4, -0.2) is 21.7 Å². The van der Waals surface area contributed by atoms with Gasteiger partial charge in [0.05, 0.1) is 19.0 Å². The number of methoxy groups -OCH3 is 1. The van der Waals surface area contributed by atoms with Gasteiger partial charge in [0.15, 0.2) is 5.65 Å². The first kappa shape index (κ1) is 12.2. The molecule has 0 amide bonds. The van der Waals surface area contributed by atoms with Crippen LogP contribution in [0.15, 0.2) is 36.7 Å². The Labute approximate surface area is 122 Å². The maximum absolute atomic E-state index is 6.15. The highest BCUT2D eigenvalue weighted by Gasteiger charge is 2.35. The maximum Gasteiger partial charge on any atom is 0.155 e. The Morgan fingerprint density at radius 1 is 1.24 bits per heavy atom. The summed E-state index contributed by atoms with van der Waals surface area (Å²) in [6, 6.07) is 7.74. The van der Waals surface area contributed by atoms with Crippen molar-refractivity contribution in [2.45, 2.75) is 19.4 Å². The number of rotatable bonds is 1. The van der Waals surface area contributed by atoms with Gasteiger partial charge in [-0.3, -0.25) is 0 Å². The second-order valence-corrected chi connectivity index (χ2v) is 5.60. The lowest BCUT2D eigenvalue weighted by atomic mass is 9.91. The zero-order valence-electron chi connectivity index (χ0n) is 12.1. The summed E-state index contributed by atoms with van der Waals surface area (Å²) in [4.78, 5) is 4.45. The molecule has 2 aromatic heterocycles. The molecule has 5 nitrogen and oxygen atoms in total. The fraction of sp³-hybridized carbons (Fsp3) is 0.250. The molecule has 3 heterocycles. The van der Waals surface area contributed by atoms with Gasteiger partial charge in [-0.15, -0.1) is 0 Å². The predicted octanol–water partition coefficient (Wildman–Crippen LogP) is 3.03. The summed E-state index contributed by atoms with van der Waals surface area (Å²) in [6.45, 7) is 4.07. The molecule has 1 aromatic carbocycles. The first-order valence-electron chi connectivity index (χ1n) is 6.81. The molecule has 0 saturated heterocycles. The summed E-state index contributed by atoms with van der Waals surface area (Å²) in [5, 5.41) is 4.41. The topological polar surface area (TPSA) is 48.7 Å². The Balaban J connectivity index is 2.10. The normalized spacial score (nSPS) is 15.2. The summed E-state index contributed by atoms with van der Waals surface area (Å²) in [7, 11) is 1.65. The number of nitrogens with zero attached hydrogens (tertiary/aromatic N) is 3. The summed E-state index contributed by atoms with van der Waals surface area (Å²) < 4.78 is 13.3. The largest absolute Gasteiger partial charge is 0.497 e. The third-order valence-electron chi connectivity index (χ3n) is 3.87. The van der Waals surface area contributed by atoms with Crippen molar-refractivity contribution < 1.29 is 9.47 Å². The second kappa shape index (κ2) is 3.97. The Kier molecular flexibility index (Phi) is 2.31. The molecule has 0 bridgehead atoms. The van der Waals surface area contributed by atoms with Crippen molar-refractivity contribution in [3.05, 3.63) is 42.2 Å². The molecule has 0 N–H and O–H groups in total. The van der Waals surface area contributed by atoms with Crippen LogP contribution in [0.2, 0.25) is 0 Å². The van der Waals surface area contributed by atoms with E-state index in [9.17, 15) is 0 Å². The maximum atomic E-state index is 6.15. The molecule has 5 heteroatoms. The standard InChI is InChI=1S/C16H15N3O2/c1-16(2)12-9-17-14-6-7-18-19(14)15(12)11-5-4-10(20-3)8-13(11)21-16/h4-9H,1-3H3. The van der Waals surface area contributed by atoms with Crippen molar-refractivity contribution in [1.29, 1.82) is 0 Å². The van der Waals surface area contributed by atoms with E-state index in [4.69, 9.17) is 9.47 Å². The molecular formula is C16H15N3O2. The van der Waals surface area contributed by atoms with E-state index in [1.165, 1.54) is 0 Å². The monoisotopic (exact) mass is 281 g/mol. The molecule has 0 unspecified atom stereocenters. The molecule has 1 aliphatic rings. The van der Waals surface area contributed by atoms with E-state index in [0.717, 1.165) is 34.0 Å². The average Bonchev–Trinajstić information content (AvgIpc) is 2.94. The van der Waals surface area contributed by atoms with Crippen LogP contribution in [0.4, 0.5) is 0 Å². The summed E-state index contributed by atoms with van der Waals surface area (Å²) in [5.74, 6) is 1.58. The van der Waals surface area contributed by atoms with Crippen molar-refractivity contribution in [3.8, 4) is 22.8 Å². The first-order chi connectivity index (χ1) is 10.1. The van der Waals surface area contributed by atoms with Gasteiger partial charge in [-0.2, -0.15) is 5.10 Å². The van der Waals surface area contributed by atoms with Crippen LogP contribution < -0.4 is 9.47 Å². The Morgan fingerprint density at radius 3 is 2.90 bits per heavy atom. The summed E-state index contributed by atoms with van der Waals surface area (Å²) in [6.07, 6.45) is 3.63. The van der Waals surface area contributed by atoms with Gasteiger partial charge in [-0.1, -0.05) is 0 Å². The van der Waals surface area contributed by atoms with E-state index < -0.39 is 5.60 Å². The molecule has 0 atom stereocenters. The third kappa shape index (κ3) is 1.63. The van der Waals surface area contributed by atoms with Gasteiger partial charge in [0, 0.05) is 29.5 Å². The van der Waals surface area contributed by atoms with Crippen molar-refractivity contribution in [3.63, 3.8) is 0 Å². The molecule has 1 aliphatic heterocycles. The zero-order chi connectivity index (χ0) is 14.6. The number of benzene rings is 1. The number of hydrogen-bond donors (Lipinski definition) is 0. The van der Waals surface area contributed by atoms with Crippen LogP contribution >= 0.6 is 0 Å². The fourth-order valence-electron chi connectivity index (χ4n) is 2.81. The minimum absolute atomic E-state index is 0.470. The number of hydrogen-bond acceptors (Lipinski definition) is 4. The number of aromatic nitrogens is 3. The molecule has 4 rings (SSSR count). The van der Waals surface area contributed by atoms with Gasteiger partial charge in [-0.05, 0) is 26.0 Å². The van der Waals surface area contributed by atoms with E-state index >= 15 is 0 Å². The molecule has 21 heavy (non-hydrogen) atoms. The van der Waals surface area contributed by atoms with E-state index in [2.05, 4.69) is 10.1 Å². The van der Waals surface area contributed by atoms with Crippen LogP contribution in [0.1, 0.15) is 19.4 Å². The SMILES string of the molecule is COc1ccc2c(c1)OC(C)(C)c1cnc3ccnn3c1-2. The zero-order valence-corrected chi connectivity index (χ0v) is 12.1. The van der Waals surface area contributed by atoms with Gasteiger partial charge in [0.1, 0.15) is 17.1 Å². The van der Waals surface area contributed by atoms with E-state index in [1.54, 1.807) is 13.3 Å². The molecule has 106 valence electrons. The molecule has 0 spiro atoms. The van der Waals surface area contributed by atoms with Crippen LogP contribution in [0.3, 0.4) is 0 Å². The lowest BCUT2D eigenvalue weighted by Gasteiger charge is -2.34. The molecule has 3 aromatic rings. The van der Waals surface area contributed by atoms with Crippen LogP contribution in [0.25, 0.3) is 16.9 Å². The molecule has 0 radical (unpaired) electrons. The Hall–Kier alpha value is -2.56.